The maximum absolute atomic E-state index is 12.9. The first kappa shape index (κ1) is 19.4. The van der Waals surface area contributed by atoms with Gasteiger partial charge in [0.15, 0.2) is 0 Å². The van der Waals surface area contributed by atoms with Crippen LogP contribution in [0.25, 0.3) is 0 Å². The molecule has 1 aliphatic rings. The normalized spacial score (nSPS) is 19.5. The molecule has 1 saturated heterocycles. The van der Waals surface area contributed by atoms with Crippen LogP contribution in [0, 0.1) is 12.8 Å². The van der Waals surface area contributed by atoms with Crippen molar-refractivity contribution in [1.82, 2.24) is 4.31 Å². The van der Waals surface area contributed by atoms with Gasteiger partial charge >= 0.3 is 5.97 Å². The fraction of sp³-hybridized carbons (Fsp3) is 0.615. The molecule has 9 heteroatoms. The zero-order chi connectivity index (χ0) is 15.6. The molecule has 6 nitrogen and oxygen atoms in total. The summed E-state index contributed by atoms with van der Waals surface area (Å²) < 4.78 is 31.8. The summed E-state index contributed by atoms with van der Waals surface area (Å²) in [4.78, 5) is 12.0. The maximum atomic E-state index is 12.9. The van der Waals surface area contributed by atoms with Crippen molar-refractivity contribution in [2.75, 3.05) is 26.7 Å². The lowest BCUT2D eigenvalue weighted by Crippen LogP contribution is -2.42. The smallest absolute Gasteiger partial charge is 0.349 e. The van der Waals surface area contributed by atoms with Gasteiger partial charge in [0, 0.05) is 13.1 Å². The number of thiophene rings is 1. The molecule has 1 aromatic heterocycles. The van der Waals surface area contributed by atoms with Crippen LogP contribution < -0.4 is 5.73 Å². The van der Waals surface area contributed by atoms with Gasteiger partial charge in [0.25, 0.3) is 0 Å². The largest absolute Gasteiger partial charge is 0.465 e. The van der Waals surface area contributed by atoms with E-state index < -0.39 is 16.0 Å². The summed E-state index contributed by atoms with van der Waals surface area (Å²) in [6.07, 6.45) is 1.73. The third kappa shape index (κ3) is 3.62. The lowest BCUT2D eigenvalue weighted by Gasteiger charge is -2.31. The molecule has 1 aliphatic heterocycles. The summed E-state index contributed by atoms with van der Waals surface area (Å²) in [6.45, 7) is 3.04. The SMILES string of the molecule is COC(=O)c1scc(C)c1S(=O)(=O)N1CCCC(CN)C1.Cl. The van der Waals surface area contributed by atoms with E-state index in [1.807, 2.05) is 0 Å². The van der Waals surface area contributed by atoms with Crippen LogP contribution in [0.5, 0.6) is 0 Å². The van der Waals surface area contributed by atoms with E-state index in [4.69, 9.17) is 5.73 Å². The van der Waals surface area contributed by atoms with E-state index >= 15 is 0 Å². The Morgan fingerprint density at radius 1 is 1.55 bits per heavy atom. The second-order valence-corrected chi connectivity index (χ2v) is 7.93. The molecule has 0 aliphatic carbocycles. The van der Waals surface area contributed by atoms with Gasteiger partial charge < -0.3 is 10.5 Å². The molecule has 1 fully saturated rings. The van der Waals surface area contributed by atoms with E-state index in [-0.39, 0.29) is 28.1 Å². The van der Waals surface area contributed by atoms with Gasteiger partial charge in [-0.3, -0.25) is 0 Å². The van der Waals surface area contributed by atoms with Crippen molar-refractivity contribution in [3.05, 3.63) is 15.8 Å². The number of methoxy groups -OCH3 is 1. The van der Waals surface area contributed by atoms with Crippen LogP contribution in [0.4, 0.5) is 0 Å². The Hall–Kier alpha value is -0.670. The summed E-state index contributed by atoms with van der Waals surface area (Å²) in [5.74, 6) is -0.437. The third-order valence-electron chi connectivity index (χ3n) is 3.70. The average Bonchev–Trinajstić information content (AvgIpc) is 2.89. The fourth-order valence-corrected chi connectivity index (χ4v) is 5.77. The van der Waals surface area contributed by atoms with Gasteiger partial charge in [-0.15, -0.1) is 23.7 Å². The highest BCUT2D eigenvalue weighted by atomic mass is 35.5. The number of piperidine rings is 1. The van der Waals surface area contributed by atoms with Crippen LogP contribution in [0.3, 0.4) is 0 Å². The molecular weight excluding hydrogens is 348 g/mol. The van der Waals surface area contributed by atoms with Crippen LogP contribution in [-0.4, -0.2) is 45.4 Å². The van der Waals surface area contributed by atoms with Crippen LogP contribution in [0.15, 0.2) is 10.3 Å². The van der Waals surface area contributed by atoms with Crippen LogP contribution in [0.2, 0.25) is 0 Å². The van der Waals surface area contributed by atoms with Gasteiger partial charge in [-0.2, -0.15) is 4.31 Å². The monoisotopic (exact) mass is 368 g/mol. The Bertz CT molecular complexity index is 630. The first-order valence-corrected chi connectivity index (χ1v) is 9.10. The number of nitrogens with zero attached hydrogens (tertiary/aromatic N) is 1. The zero-order valence-corrected chi connectivity index (χ0v) is 15.0. The van der Waals surface area contributed by atoms with Crippen molar-refractivity contribution in [1.29, 1.82) is 0 Å². The molecule has 0 amide bonds. The van der Waals surface area contributed by atoms with Crippen molar-refractivity contribution in [2.24, 2.45) is 11.7 Å². The molecular formula is C13H21ClN2O4S2. The number of hydrogen-bond donors (Lipinski definition) is 1. The molecule has 1 unspecified atom stereocenters. The quantitative estimate of drug-likeness (QED) is 0.815. The molecule has 2 rings (SSSR count). The topological polar surface area (TPSA) is 89.7 Å². The second-order valence-electron chi connectivity index (χ2n) is 5.18. The Morgan fingerprint density at radius 2 is 2.23 bits per heavy atom. The summed E-state index contributed by atoms with van der Waals surface area (Å²) in [7, 11) is -2.44. The van der Waals surface area contributed by atoms with Gasteiger partial charge in [0.05, 0.1) is 7.11 Å². The van der Waals surface area contributed by atoms with Gasteiger partial charge in [-0.1, -0.05) is 0 Å². The molecule has 0 radical (unpaired) electrons. The van der Waals surface area contributed by atoms with Crippen molar-refractivity contribution in [2.45, 2.75) is 24.7 Å². The highest BCUT2D eigenvalue weighted by molar-refractivity contribution is 7.89. The molecule has 1 atom stereocenters. The number of aryl methyl sites for hydroxylation is 1. The number of carbonyl (C=O) groups excluding carboxylic acids is 1. The molecule has 0 bridgehead atoms. The minimum Gasteiger partial charge on any atom is -0.465 e. The highest BCUT2D eigenvalue weighted by Gasteiger charge is 2.35. The molecule has 1 aromatic rings. The number of carbonyl (C=O) groups is 1. The standard InChI is InChI=1S/C13H20N2O4S2.ClH/c1-9-8-20-11(13(16)19-2)12(9)21(17,18)15-5-3-4-10(6-14)7-15;/h8,10H,3-7,14H2,1-2H3;1H. The highest BCUT2D eigenvalue weighted by Crippen LogP contribution is 2.32. The van der Waals surface area contributed by atoms with E-state index in [9.17, 15) is 13.2 Å². The number of halogens is 1. The first-order chi connectivity index (χ1) is 9.91. The zero-order valence-electron chi connectivity index (χ0n) is 12.6. The van der Waals surface area contributed by atoms with Crippen LogP contribution >= 0.6 is 23.7 Å². The molecule has 2 N–H and O–H groups in total. The summed E-state index contributed by atoms with van der Waals surface area (Å²) in [5, 5.41) is 1.67. The molecule has 126 valence electrons. The number of esters is 1. The number of nitrogens with two attached hydrogens (primary N) is 1. The van der Waals surface area contributed by atoms with Crippen LogP contribution in [-0.2, 0) is 14.8 Å². The van der Waals surface area contributed by atoms with Crippen molar-refractivity contribution in [3.8, 4) is 0 Å². The van der Waals surface area contributed by atoms with E-state index in [0.717, 1.165) is 24.2 Å². The third-order valence-corrected chi connectivity index (χ3v) is 6.96. The molecule has 0 spiro atoms. The number of sulfonamides is 1. The average molecular weight is 369 g/mol. The second kappa shape index (κ2) is 7.74. The van der Waals surface area contributed by atoms with Gasteiger partial charge in [-0.05, 0) is 43.2 Å². The maximum Gasteiger partial charge on any atom is 0.349 e. The number of ether oxygens (including phenoxy) is 1. The summed E-state index contributed by atoms with van der Waals surface area (Å²) in [6, 6.07) is 0. The van der Waals surface area contributed by atoms with Gasteiger partial charge in [0.2, 0.25) is 10.0 Å². The first-order valence-electron chi connectivity index (χ1n) is 6.78. The predicted octanol–water partition coefficient (Wildman–Crippen LogP) is 1.62. The Kier molecular flexibility index (Phi) is 6.82. The molecule has 0 saturated carbocycles. The Morgan fingerprint density at radius 3 is 2.82 bits per heavy atom. The number of hydrogen-bond acceptors (Lipinski definition) is 6. The molecule has 22 heavy (non-hydrogen) atoms. The van der Waals surface area contributed by atoms with E-state index in [2.05, 4.69) is 4.74 Å². The van der Waals surface area contributed by atoms with E-state index in [0.29, 0.717) is 25.2 Å². The van der Waals surface area contributed by atoms with Gasteiger partial charge in [-0.25, -0.2) is 13.2 Å². The Labute approximate surface area is 141 Å². The molecule has 0 aromatic carbocycles. The van der Waals surface area contributed by atoms with Crippen molar-refractivity contribution < 1.29 is 17.9 Å². The summed E-state index contributed by atoms with van der Waals surface area (Å²) >= 11 is 1.10. The van der Waals surface area contributed by atoms with E-state index in [1.165, 1.54) is 11.4 Å². The fourth-order valence-electron chi connectivity index (χ4n) is 2.55. The van der Waals surface area contributed by atoms with Crippen LogP contribution in [0.1, 0.15) is 28.1 Å². The lowest BCUT2D eigenvalue weighted by atomic mass is 10.0. The van der Waals surface area contributed by atoms with Crippen molar-refractivity contribution in [3.63, 3.8) is 0 Å². The molecule has 2 heterocycles. The Balaban J connectivity index is 0.00000242. The number of rotatable bonds is 4. The lowest BCUT2D eigenvalue weighted by molar-refractivity contribution is 0.0602. The minimum atomic E-state index is -3.69. The predicted molar refractivity (Wildman–Crippen MR) is 88.2 cm³/mol. The van der Waals surface area contributed by atoms with Crippen molar-refractivity contribution >= 4 is 39.7 Å². The summed E-state index contributed by atoms with van der Waals surface area (Å²) in [5.41, 5.74) is 6.24. The van der Waals surface area contributed by atoms with E-state index in [1.54, 1.807) is 12.3 Å². The van der Waals surface area contributed by atoms with Gasteiger partial charge in [0.1, 0.15) is 9.77 Å². The minimum absolute atomic E-state index is 0.